The van der Waals surface area contributed by atoms with E-state index in [0.717, 1.165) is 22.3 Å². The Hall–Kier alpha value is -1.60. The van der Waals surface area contributed by atoms with Crippen molar-refractivity contribution in [1.82, 2.24) is 25.1 Å². The summed E-state index contributed by atoms with van der Waals surface area (Å²) >= 11 is 1.72. The van der Waals surface area contributed by atoms with E-state index in [2.05, 4.69) is 27.5 Å². The fourth-order valence-electron chi connectivity index (χ4n) is 2.95. The van der Waals surface area contributed by atoms with Gasteiger partial charge in [-0.1, -0.05) is 18.2 Å². The first-order valence-corrected chi connectivity index (χ1v) is 9.02. The molecule has 1 saturated heterocycles. The van der Waals surface area contributed by atoms with Crippen molar-refractivity contribution < 1.29 is 4.74 Å². The van der Waals surface area contributed by atoms with Crippen LogP contribution in [0.25, 0.3) is 5.69 Å². The summed E-state index contributed by atoms with van der Waals surface area (Å²) in [6.07, 6.45) is 5.16. The first-order chi connectivity index (χ1) is 11.3. The molecule has 1 atom stereocenters. The number of methoxy groups -OCH3 is 1. The summed E-state index contributed by atoms with van der Waals surface area (Å²) in [5.74, 6) is 1.86. The molecule has 3 rings (SSSR count). The minimum atomic E-state index is 0.696. The number of hydrogen-bond donors (Lipinski definition) is 0. The van der Waals surface area contributed by atoms with Crippen LogP contribution < -0.4 is 4.74 Å². The second-order valence-electron chi connectivity index (χ2n) is 5.84. The highest BCUT2D eigenvalue weighted by Crippen LogP contribution is 2.24. The van der Waals surface area contributed by atoms with Crippen molar-refractivity contribution in [3.63, 3.8) is 0 Å². The largest absolute Gasteiger partial charge is 0.497 e. The molecular weight excluding hydrogens is 310 g/mol. The summed E-state index contributed by atoms with van der Waals surface area (Å²) in [6, 6.07) is 8.47. The first kappa shape index (κ1) is 16.3. The van der Waals surface area contributed by atoms with E-state index in [-0.39, 0.29) is 0 Å². The zero-order chi connectivity index (χ0) is 16.1. The van der Waals surface area contributed by atoms with Crippen LogP contribution in [0, 0.1) is 0 Å². The van der Waals surface area contributed by atoms with Gasteiger partial charge in [0.2, 0.25) is 5.16 Å². The molecule has 1 aromatic carbocycles. The van der Waals surface area contributed by atoms with Gasteiger partial charge in [-0.3, -0.25) is 0 Å². The predicted octanol–water partition coefficient (Wildman–Crippen LogP) is 2.64. The number of benzene rings is 1. The average Bonchev–Trinajstić information content (AvgIpc) is 3.05. The van der Waals surface area contributed by atoms with Crippen molar-refractivity contribution in [2.45, 2.75) is 36.9 Å². The first-order valence-electron chi connectivity index (χ1n) is 8.04. The van der Waals surface area contributed by atoms with E-state index in [4.69, 9.17) is 4.74 Å². The second-order valence-corrected chi connectivity index (χ2v) is 6.90. The number of nitrogens with zero attached hydrogens (tertiary/aromatic N) is 5. The highest BCUT2D eigenvalue weighted by atomic mass is 32.2. The third-order valence-electron chi connectivity index (χ3n) is 4.36. The van der Waals surface area contributed by atoms with Crippen LogP contribution in [0.15, 0.2) is 29.4 Å². The standard InChI is InChI=1S/C16H23N5OS/c1-20-11-4-3-5-13(20)10-12-23-16-17-18-19-21(16)14-6-8-15(22-2)9-7-14/h6-9,13H,3-5,10-12H2,1-2H3/t13-/m1/s1. The van der Waals surface area contributed by atoms with Gasteiger partial charge in [0, 0.05) is 11.8 Å². The van der Waals surface area contributed by atoms with Gasteiger partial charge in [-0.15, -0.1) is 5.10 Å². The summed E-state index contributed by atoms with van der Waals surface area (Å²) in [7, 11) is 3.89. The molecule has 0 radical (unpaired) electrons. The lowest BCUT2D eigenvalue weighted by Crippen LogP contribution is -2.36. The van der Waals surface area contributed by atoms with E-state index in [1.165, 1.54) is 32.2 Å². The summed E-state index contributed by atoms with van der Waals surface area (Å²) in [5.41, 5.74) is 0.952. The molecule has 23 heavy (non-hydrogen) atoms. The molecule has 0 N–H and O–H groups in total. The minimum absolute atomic E-state index is 0.696. The van der Waals surface area contributed by atoms with Crippen molar-refractivity contribution in [2.75, 3.05) is 26.5 Å². The Morgan fingerprint density at radius 2 is 2.09 bits per heavy atom. The predicted molar refractivity (Wildman–Crippen MR) is 91.3 cm³/mol. The molecular formula is C16H23N5OS. The molecule has 0 saturated carbocycles. The number of hydrogen-bond acceptors (Lipinski definition) is 6. The average molecular weight is 333 g/mol. The molecule has 124 valence electrons. The van der Waals surface area contributed by atoms with Crippen LogP contribution in [-0.2, 0) is 0 Å². The number of thioether (sulfide) groups is 1. The molecule has 6 nitrogen and oxygen atoms in total. The number of rotatable bonds is 6. The summed E-state index contributed by atoms with van der Waals surface area (Å²) < 4.78 is 6.97. The molecule has 1 aliphatic heterocycles. The molecule has 2 heterocycles. The number of likely N-dealkylation sites (tertiary alicyclic amines) is 1. The van der Waals surface area contributed by atoms with Crippen molar-refractivity contribution in [1.29, 1.82) is 0 Å². The zero-order valence-corrected chi connectivity index (χ0v) is 14.5. The lowest BCUT2D eigenvalue weighted by Gasteiger charge is -2.32. The maximum Gasteiger partial charge on any atom is 0.214 e. The quantitative estimate of drug-likeness (QED) is 0.758. The van der Waals surface area contributed by atoms with E-state index in [1.54, 1.807) is 23.6 Å². The van der Waals surface area contributed by atoms with Gasteiger partial charge in [-0.25, -0.2) is 0 Å². The SMILES string of the molecule is COc1ccc(-n2nnnc2SCC[C@H]2CCCCN2C)cc1. The zero-order valence-electron chi connectivity index (χ0n) is 13.7. The van der Waals surface area contributed by atoms with Gasteiger partial charge in [-0.05, 0) is 67.5 Å². The van der Waals surface area contributed by atoms with Gasteiger partial charge >= 0.3 is 0 Å². The Morgan fingerprint density at radius 3 is 2.83 bits per heavy atom. The number of tetrazole rings is 1. The summed E-state index contributed by atoms with van der Waals surface area (Å²) in [4.78, 5) is 2.48. The Bertz CT molecular complexity index is 615. The highest BCUT2D eigenvalue weighted by molar-refractivity contribution is 7.99. The maximum atomic E-state index is 5.19. The van der Waals surface area contributed by atoms with Gasteiger partial charge in [0.25, 0.3) is 0 Å². The van der Waals surface area contributed by atoms with Gasteiger partial charge in [0.15, 0.2) is 0 Å². The number of aromatic nitrogens is 4. The van der Waals surface area contributed by atoms with Gasteiger partial charge in [0.1, 0.15) is 5.75 Å². The normalized spacial score (nSPS) is 19.0. The molecule has 2 aromatic rings. The molecule has 0 spiro atoms. The summed E-state index contributed by atoms with van der Waals surface area (Å²) in [5, 5.41) is 12.9. The van der Waals surface area contributed by atoms with Crippen LogP contribution in [0.2, 0.25) is 0 Å². The monoisotopic (exact) mass is 333 g/mol. The Balaban J connectivity index is 1.59. The lowest BCUT2D eigenvalue weighted by molar-refractivity contribution is 0.182. The lowest BCUT2D eigenvalue weighted by atomic mass is 10.0. The third-order valence-corrected chi connectivity index (χ3v) is 5.31. The molecule has 0 unspecified atom stereocenters. The van der Waals surface area contributed by atoms with Crippen LogP contribution in [0.4, 0.5) is 0 Å². The molecule has 1 aromatic heterocycles. The molecule has 7 heteroatoms. The van der Waals surface area contributed by atoms with Gasteiger partial charge in [-0.2, -0.15) is 4.68 Å². The fraction of sp³-hybridized carbons (Fsp3) is 0.562. The Labute approximate surface area is 141 Å². The van der Waals surface area contributed by atoms with Crippen LogP contribution in [0.5, 0.6) is 5.75 Å². The van der Waals surface area contributed by atoms with E-state index >= 15 is 0 Å². The Morgan fingerprint density at radius 1 is 1.26 bits per heavy atom. The molecule has 0 bridgehead atoms. The van der Waals surface area contributed by atoms with Crippen molar-refractivity contribution in [3.05, 3.63) is 24.3 Å². The topological polar surface area (TPSA) is 56.1 Å². The van der Waals surface area contributed by atoms with Gasteiger partial charge < -0.3 is 9.64 Å². The number of piperidine rings is 1. The second kappa shape index (κ2) is 7.79. The van der Waals surface area contributed by atoms with Crippen LogP contribution in [0.1, 0.15) is 25.7 Å². The smallest absolute Gasteiger partial charge is 0.214 e. The van der Waals surface area contributed by atoms with Gasteiger partial charge in [0.05, 0.1) is 12.8 Å². The van der Waals surface area contributed by atoms with Crippen LogP contribution >= 0.6 is 11.8 Å². The minimum Gasteiger partial charge on any atom is -0.497 e. The molecule has 1 aliphatic rings. The van der Waals surface area contributed by atoms with E-state index in [9.17, 15) is 0 Å². The van der Waals surface area contributed by atoms with E-state index < -0.39 is 0 Å². The third kappa shape index (κ3) is 4.03. The Kier molecular flexibility index (Phi) is 5.51. The maximum absolute atomic E-state index is 5.19. The summed E-state index contributed by atoms with van der Waals surface area (Å²) in [6.45, 7) is 1.22. The van der Waals surface area contributed by atoms with Crippen molar-refractivity contribution >= 4 is 11.8 Å². The van der Waals surface area contributed by atoms with Crippen LogP contribution in [0.3, 0.4) is 0 Å². The molecule has 1 fully saturated rings. The van der Waals surface area contributed by atoms with E-state index in [1.807, 2.05) is 24.3 Å². The molecule has 0 aliphatic carbocycles. The highest BCUT2D eigenvalue weighted by Gasteiger charge is 2.19. The van der Waals surface area contributed by atoms with Crippen molar-refractivity contribution in [2.24, 2.45) is 0 Å². The molecule has 0 amide bonds. The fourth-order valence-corrected chi connectivity index (χ4v) is 3.88. The number of ether oxygens (including phenoxy) is 1. The van der Waals surface area contributed by atoms with E-state index in [0.29, 0.717) is 6.04 Å². The van der Waals surface area contributed by atoms with Crippen LogP contribution in [-0.4, -0.2) is 57.6 Å². The van der Waals surface area contributed by atoms with Crippen molar-refractivity contribution in [3.8, 4) is 11.4 Å².